The number of imidazole rings is 1. The topological polar surface area (TPSA) is 52.3 Å². The average molecular weight is 414 g/mol. The number of alkyl halides is 3. The van der Waals surface area contributed by atoms with Gasteiger partial charge in [-0.15, -0.1) is 11.8 Å². The molecule has 0 radical (unpaired) electrons. The smallest absolute Gasteiger partial charge is 0.433 e. The van der Waals surface area contributed by atoms with Crippen LogP contribution in [0.1, 0.15) is 12.6 Å². The zero-order chi connectivity index (χ0) is 19.4. The highest BCUT2D eigenvalue weighted by Crippen LogP contribution is 2.33. The predicted molar refractivity (Wildman–Crippen MR) is 101 cm³/mol. The maximum atomic E-state index is 12.9. The molecule has 10 heteroatoms. The monoisotopic (exact) mass is 414 g/mol. The Balaban J connectivity index is 1.96. The molecule has 0 amide bonds. The van der Waals surface area contributed by atoms with E-state index in [4.69, 9.17) is 4.74 Å². The van der Waals surface area contributed by atoms with E-state index >= 15 is 0 Å². The number of fused-ring (bicyclic) bond motifs is 1. The van der Waals surface area contributed by atoms with Gasteiger partial charge in [0.25, 0.3) is 0 Å². The minimum Gasteiger partial charge on any atom is -0.491 e. The lowest BCUT2D eigenvalue weighted by atomic mass is 10.3. The summed E-state index contributed by atoms with van der Waals surface area (Å²) in [5.41, 5.74) is 0.293. The Morgan fingerprint density at radius 2 is 2.04 bits per heavy atom. The van der Waals surface area contributed by atoms with E-state index in [0.29, 0.717) is 23.7 Å². The summed E-state index contributed by atoms with van der Waals surface area (Å²) in [7, 11) is 0. The van der Waals surface area contributed by atoms with Crippen LogP contribution >= 0.6 is 23.5 Å². The summed E-state index contributed by atoms with van der Waals surface area (Å²) in [6.45, 7) is 2.59. The molecular formula is C17H17F3N4OS2. The van der Waals surface area contributed by atoms with Crippen molar-refractivity contribution in [2.24, 2.45) is 0 Å². The number of rotatable bonds is 7. The molecule has 5 nitrogen and oxygen atoms in total. The molecule has 3 aromatic rings. The Kier molecular flexibility index (Phi) is 6.15. The van der Waals surface area contributed by atoms with Crippen molar-refractivity contribution in [3.63, 3.8) is 0 Å². The van der Waals surface area contributed by atoms with Gasteiger partial charge in [0.15, 0.2) is 0 Å². The molecule has 0 aliphatic carbocycles. The van der Waals surface area contributed by atoms with Crippen LogP contribution in [0.5, 0.6) is 5.75 Å². The van der Waals surface area contributed by atoms with E-state index in [1.165, 1.54) is 4.40 Å². The maximum Gasteiger partial charge on any atom is 0.433 e. The van der Waals surface area contributed by atoms with Crippen LogP contribution in [0.3, 0.4) is 0 Å². The Hall–Kier alpha value is -1.94. The van der Waals surface area contributed by atoms with Gasteiger partial charge in [-0.3, -0.25) is 4.40 Å². The summed E-state index contributed by atoms with van der Waals surface area (Å²) >= 11 is 3.27. The standard InChI is InChI=1S/C17H17F3N4OS2/c1-3-27-13-6-11(25-4-5-26-2)8-21-16(13)12-9-24-10-22-14(17(18,19)20)7-15(24)23-12/h6-10H,3-5H2,1-2H3. The molecular weight excluding hydrogens is 397 g/mol. The van der Waals surface area contributed by atoms with Gasteiger partial charge < -0.3 is 4.74 Å². The van der Waals surface area contributed by atoms with Crippen LogP contribution in [0.15, 0.2) is 35.7 Å². The summed E-state index contributed by atoms with van der Waals surface area (Å²) in [4.78, 5) is 13.1. The fourth-order valence-corrected chi connectivity index (χ4v) is 3.42. The van der Waals surface area contributed by atoms with Crippen LogP contribution in [-0.2, 0) is 6.18 Å². The van der Waals surface area contributed by atoms with E-state index in [-0.39, 0.29) is 5.65 Å². The lowest BCUT2D eigenvalue weighted by Gasteiger charge is -2.09. The molecule has 0 spiro atoms. The van der Waals surface area contributed by atoms with Crippen LogP contribution in [0.25, 0.3) is 17.0 Å². The molecule has 0 N–H and O–H groups in total. The molecule has 144 valence electrons. The molecule has 3 heterocycles. The number of pyridine rings is 1. The predicted octanol–water partition coefficient (Wildman–Crippen LogP) is 4.66. The van der Waals surface area contributed by atoms with Crippen molar-refractivity contribution in [3.05, 3.63) is 36.5 Å². The third-order valence-corrected chi connectivity index (χ3v) is 5.05. The molecule has 0 aromatic carbocycles. The normalized spacial score (nSPS) is 11.9. The fourth-order valence-electron chi connectivity index (χ4n) is 2.37. The molecule has 3 rings (SSSR count). The van der Waals surface area contributed by atoms with Crippen LogP contribution in [0.4, 0.5) is 13.2 Å². The highest BCUT2D eigenvalue weighted by atomic mass is 32.2. The molecule has 0 unspecified atom stereocenters. The van der Waals surface area contributed by atoms with Gasteiger partial charge in [-0.2, -0.15) is 24.9 Å². The Labute approximate surface area is 162 Å². The first kappa shape index (κ1) is 19.8. The van der Waals surface area contributed by atoms with Gasteiger partial charge in [-0.05, 0) is 18.1 Å². The van der Waals surface area contributed by atoms with Gasteiger partial charge in [0.2, 0.25) is 0 Å². The maximum absolute atomic E-state index is 12.9. The van der Waals surface area contributed by atoms with E-state index in [9.17, 15) is 13.2 Å². The molecule has 3 aromatic heterocycles. The van der Waals surface area contributed by atoms with Crippen molar-refractivity contribution in [2.75, 3.05) is 24.4 Å². The van der Waals surface area contributed by atoms with Gasteiger partial charge >= 0.3 is 6.18 Å². The van der Waals surface area contributed by atoms with Crippen LogP contribution in [0.2, 0.25) is 0 Å². The van der Waals surface area contributed by atoms with Crippen LogP contribution in [-0.4, -0.2) is 43.7 Å². The van der Waals surface area contributed by atoms with Crippen molar-refractivity contribution in [1.29, 1.82) is 0 Å². The number of ether oxygens (including phenoxy) is 1. The highest BCUT2D eigenvalue weighted by Gasteiger charge is 2.33. The zero-order valence-corrected chi connectivity index (χ0v) is 16.3. The van der Waals surface area contributed by atoms with Gasteiger partial charge in [0.1, 0.15) is 34.8 Å². The van der Waals surface area contributed by atoms with Crippen LogP contribution < -0.4 is 4.74 Å². The Morgan fingerprint density at radius 3 is 2.74 bits per heavy atom. The molecule has 0 aliphatic heterocycles. The first-order valence-electron chi connectivity index (χ1n) is 8.09. The van der Waals surface area contributed by atoms with Crippen molar-refractivity contribution >= 4 is 29.2 Å². The third kappa shape index (κ3) is 4.67. The van der Waals surface area contributed by atoms with Crippen molar-refractivity contribution in [1.82, 2.24) is 19.4 Å². The molecule has 0 atom stereocenters. The number of nitrogens with zero attached hydrogens (tertiary/aromatic N) is 4. The SMILES string of the molecule is CCSc1cc(OCCSC)cnc1-c1cn2cnc(C(F)(F)F)cc2n1. The van der Waals surface area contributed by atoms with Crippen LogP contribution in [0, 0.1) is 0 Å². The van der Waals surface area contributed by atoms with Crippen molar-refractivity contribution in [3.8, 4) is 17.1 Å². The summed E-state index contributed by atoms with van der Waals surface area (Å²) in [6.07, 6.45) is 1.84. The van der Waals surface area contributed by atoms with E-state index in [0.717, 1.165) is 28.8 Å². The second-order valence-corrected chi connectivity index (χ2v) is 7.75. The zero-order valence-electron chi connectivity index (χ0n) is 14.7. The molecule has 27 heavy (non-hydrogen) atoms. The third-order valence-electron chi connectivity index (χ3n) is 3.56. The Bertz CT molecular complexity index is 930. The number of thioether (sulfide) groups is 2. The van der Waals surface area contributed by atoms with Crippen molar-refractivity contribution in [2.45, 2.75) is 18.0 Å². The minimum atomic E-state index is -4.51. The second-order valence-electron chi connectivity index (χ2n) is 5.46. The van der Waals surface area contributed by atoms with E-state index < -0.39 is 11.9 Å². The van der Waals surface area contributed by atoms with E-state index in [1.54, 1.807) is 35.9 Å². The summed E-state index contributed by atoms with van der Waals surface area (Å²) in [5, 5.41) is 0. The van der Waals surface area contributed by atoms with Gasteiger partial charge in [-0.25, -0.2) is 15.0 Å². The van der Waals surface area contributed by atoms with E-state index in [2.05, 4.69) is 15.0 Å². The first-order valence-corrected chi connectivity index (χ1v) is 10.5. The quantitative estimate of drug-likeness (QED) is 0.414. The lowest BCUT2D eigenvalue weighted by Crippen LogP contribution is -2.08. The van der Waals surface area contributed by atoms with E-state index in [1.807, 2.05) is 19.2 Å². The second kappa shape index (κ2) is 8.39. The summed E-state index contributed by atoms with van der Waals surface area (Å²) < 4.78 is 45.7. The Morgan fingerprint density at radius 1 is 1.22 bits per heavy atom. The molecule has 0 aliphatic rings. The average Bonchev–Trinajstić information content (AvgIpc) is 3.04. The summed E-state index contributed by atoms with van der Waals surface area (Å²) in [5.74, 6) is 2.35. The summed E-state index contributed by atoms with van der Waals surface area (Å²) in [6, 6.07) is 2.82. The molecule has 0 saturated heterocycles. The van der Waals surface area contributed by atoms with Gasteiger partial charge in [-0.1, -0.05) is 6.92 Å². The molecule has 0 bridgehead atoms. The number of hydrogen-bond acceptors (Lipinski definition) is 6. The molecule has 0 fully saturated rings. The first-order chi connectivity index (χ1) is 12.9. The largest absolute Gasteiger partial charge is 0.491 e. The van der Waals surface area contributed by atoms with Gasteiger partial charge in [0, 0.05) is 22.9 Å². The number of aromatic nitrogens is 4. The lowest BCUT2D eigenvalue weighted by molar-refractivity contribution is -0.141. The fraction of sp³-hybridized carbons (Fsp3) is 0.353. The highest BCUT2D eigenvalue weighted by molar-refractivity contribution is 7.99. The molecule has 0 saturated carbocycles. The minimum absolute atomic E-state index is 0.168. The van der Waals surface area contributed by atoms with Gasteiger partial charge in [0.05, 0.1) is 12.8 Å². The number of hydrogen-bond donors (Lipinski definition) is 0. The van der Waals surface area contributed by atoms with Crippen molar-refractivity contribution < 1.29 is 17.9 Å². The number of halogens is 3.